The Hall–Kier alpha value is -1.88. The van der Waals surface area contributed by atoms with Crippen LogP contribution in [0.3, 0.4) is 0 Å². The molecule has 0 aliphatic carbocycles. The summed E-state index contributed by atoms with van der Waals surface area (Å²) >= 11 is 0. The highest BCUT2D eigenvalue weighted by Crippen LogP contribution is 2.19. The van der Waals surface area contributed by atoms with Gasteiger partial charge in [0.15, 0.2) is 0 Å². The van der Waals surface area contributed by atoms with Crippen molar-refractivity contribution in [2.45, 2.75) is 20.4 Å². The molecule has 0 spiro atoms. The van der Waals surface area contributed by atoms with Crippen LogP contribution >= 0.6 is 0 Å². The molecule has 0 saturated heterocycles. The van der Waals surface area contributed by atoms with Crippen molar-refractivity contribution < 1.29 is 9.90 Å². The minimum atomic E-state index is -0.800. The second-order valence-electron chi connectivity index (χ2n) is 5.54. The lowest BCUT2D eigenvalue weighted by Crippen LogP contribution is -2.32. The van der Waals surface area contributed by atoms with Gasteiger partial charge in [-0.05, 0) is 12.0 Å². The molecule has 0 unspecified atom stereocenters. The molecule has 0 aliphatic rings. The Morgan fingerprint density at radius 1 is 1.40 bits per heavy atom. The number of para-hydroxylation sites is 1. The third kappa shape index (κ3) is 3.36. The molecule has 0 aliphatic heterocycles. The summed E-state index contributed by atoms with van der Waals surface area (Å²) in [5.74, 6) is -0.379. The smallest absolute Gasteiger partial charge is 0.317 e. The molecular weight excluding hydrogens is 254 g/mol. The van der Waals surface area contributed by atoms with E-state index in [1.54, 1.807) is 0 Å². The molecule has 1 aromatic heterocycles. The Morgan fingerprint density at radius 2 is 2.10 bits per heavy atom. The molecule has 0 atom stereocenters. The summed E-state index contributed by atoms with van der Waals surface area (Å²) in [5.41, 5.74) is 2.01. The first kappa shape index (κ1) is 14.5. The van der Waals surface area contributed by atoms with Gasteiger partial charge in [0, 0.05) is 25.5 Å². The number of fused-ring (bicyclic) bond motifs is 1. The number of nitrogens with zero attached hydrogens (tertiary/aromatic N) is 3. The fourth-order valence-electron chi connectivity index (χ4n) is 2.51. The molecule has 20 heavy (non-hydrogen) atoms. The molecule has 0 amide bonds. The maximum absolute atomic E-state index is 11.0. The topological polar surface area (TPSA) is 58.4 Å². The molecule has 2 rings (SSSR count). The van der Waals surface area contributed by atoms with Crippen molar-refractivity contribution in [1.29, 1.82) is 0 Å². The lowest BCUT2D eigenvalue weighted by molar-refractivity contribution is -0.138. The average Bonchev–Trinajstić information content (AvgIpc) is 2.65. The molecule has 5 heteroatoms. The fraction of sp³-hybridized carbons (Fsp3) is 0.467. The van der Waals surface area contributed by atoms with Gasteiger partial charge in [-0.2, -0.15) is 5.10 Å². The SMILES string of the molecule is CC(C)CN(CC(=O)O)Cc1nn(C)c2ccccc12. The summed E-state index contributed by atoms with van der Waals surface area (Å²) in [6, 6.07) is 8.02. The molecule has 108 valence electrons. The van der Waals surface area contributed by atoms with Gasteiger partial charge < -0.3 is 5.11 Å². The van der Waals surface area contributed by atoms with Crippen LogP contribution in [0.25, 0.3) is 10.9 Å². The highest BCUT2D eigenvalue weighted by Gasteiger charge is 2.16. The number of carboxylic acid groups (broad SMARTS) is 1. The summed E-state index contributed by atoms with van der Waals surface area (Å²) in [6.07, 6.45) is 0. The second-order valence-corrected chi connectivity index (χ2v) is 5.54. The van der Waals surface area contributed by atoms with Crippen LogP contribution in [0.15, 0.2) is 24.3 Å². The predicted molar refractivity (Wildman–Crippen MR) is 78.5 cm³/mol. The second kappa shape index (κ2) is 6.05. The standard InChI is InChI=1S/C15H21N3O2/c1-11(2)8-18(10-15(19)20)9-13-12-6-4-5-7-14(12)17(3)16-13/h4-7,11H,8-10H2,1-3H3,(H,19,20). The summed E-state index contributed by atoms with van der Waals surface area (Å²) in [6.45, 7) is 5.53. The van der Waals surface area contributed by atoms with Crippen molar-refractivity contribution in [3.8, 4) is 0 Å². The van der Waals surface area contributed by atoms with Crippen molar-refractivity contribution in [2.24, 2.45) is 13.0 Å². The van der Waals surface area contributed by atoms with Crippen LogP contribution in [0, 0.1) is 5.92 Å². The van der Waals surface area contributed by atoms with Gasteiger partial charge in [0.25, 0.3) is 0 Å². The number of benzene rings is 1. The third-order valence-corrected chi connectivity index (χ3v) is 3.19. The zero-order valence-corrected chi connectivity index (χ0v) is 12.2. The van der Waals surface area contributed by atoms with Gasteiger partial charge in [-0.3, -0.25) is 14.4 Å². The van der Waals surface area contributed by atoms with Gasteiger partial charge >= 0.3 is 5.97 Å². The van der Waals surface area contributed by atoms with Crippen LogP contribution < -0.4 is 0 Å². The lowest BCUT2D eigenvalue weighted by Gasteiger charge is -2.21. The van der Waals surface area contributed by atoms with E-state index >= 15 is 0 Å². The number of aliphatic carboxylic acids is 1. The Kier molecular flexibility index (Phi) is 4.39. The van der Waals surface area contributed by atoms with Gasteiger partial charge in [0.1, 0.15) is 0 Å². The summed E-state index contributed by atoms with van der Waals surface area (Å²) < 4.78 is 1.85. The first-order valence-electron chi connectivity index (χ1n) is 6.82. The van der Waals surface area contributed by atoms with E-state index in [0.29, 0.717) is 12.5 Å². The van der Waals surface area contributed by atoms with Crippen LogP contribution in [0.1, 0.15) is 19.5 Å². The van der Waals surface area contributed by atoms with E-state index in [1.165, 1.54) is 0 Å². The van der Waals surface area contributed by atoms with E-state index in [0.717, 1.165) is 23.1 Å². The molecule has 1 aromatic carbocycles. The molecule has 5 nitrogen and oxygen atoms in total. The van der Waals surface area contributed by atoms with Crippen molar-refractivity contribution >= 4 is 16.9 Å². The van der Waals surface area contributed by atoms with Gasteiger partial charge in [-0.15, -0.1) is 0 Å². The van der Waals surface area contributed by atoms with E-state index < -0.39 is 5.97 Å². The van der Waals surface area contributed by atoms with Crippen LogP contribution in [0.2, 0.25) is 0 Å². The average molecular weight is 275 g/mol. The fourth-order valence-corrected chi connectivity index (χ4v) is 2.51. The van der Waals surface area contributed by atoms with E-state index in [9.17, 15) is 4.79 Å². The Bertz CT molecular complexity index is 604. The molecule has 0 fully saturated rings. The maximum Gasteiger partial charge on any atom is 0.317 e. The largest absolute Gasteiger partial charge is 0.480 e. The van der Waals surface area contributed by atoms with Gasteiger partial charge in [-0.1, -0.05) is 32.0 Å². The summed E-state index contributed by atoms with van der Waals surface area (Å²) in [5, 5.41) is 14.6. The van der Waals surface area contributed by atoms with Gasteiger partial charge in [0.05, 0.1) is 17.8 Å². The third-order valence-electron chi connectivity index (χ3n) is 3.19. The van der Waals surface area contributed by atoms with Gasteiger partial charge in [0.2, 0.25) is 0 Å². The zero-order chi connectivity index (χ0) is 14.7. The minimum Gasteiger partial charge on any atom is -0.480 e. The highest BCUT2D eigenvalue weighted by atomic mass is 16.4. The lowest BCUT2D eigenvalue weighted by atomic mass is 10.1. The maximum atomic E-state index is 11.0. The number of rotatable bonds is 6. The van der Waals surface area contributed by atoms with E-state index in [1.807, 2.05) is 40.9 Å². The molecule has 2 aromatic rings. The van der Waals surface area contributed by atoms with Gasteiger partial charge in [-0.25, -0.2) is 0 Å². The number of hydrogen-bond donors (Lipinski definition) is 1. The highest BCUT2D eigenvalue weighted by molar-refractivity contribution is 5.81. The number of aromatic nitrogens is 2. The Balaban J connectivity index is 2.25. The van der Waals surface area contributed by atoms with Crippen molar-refractivity contribution in [1.82, 2.24) is 14.7 Å². The molecular formula is C15H21N3O2. The van der Waals surface area contributed by atoms with Crippen LogP contribution in [0.4, 0.5) is 0 Å². The van der Waals surface area contributed by atoms with E-state index in [-0.39, 0.29) is 6.54 Å². The summed E-state index contributed by atoms with van der Waals surface area (Å²) in [4.78, 5) is 12.9. The number of aryl methyl sites for hydroxylation is 1. The molecule has 0 saturated carbocycles. The molecule has 1 heterocycles. The van der Waals surface area contributed by atoms with Crippen LogP contribution in [-0.4, -0.2) is 38.8 Å². The molecule has 0 radical (unpaired) electrons. The predicted octanol–water partition coefficient (Wildman–Crippen LogP) is 2.12. The normalized spacial score (nSPS) is 11.7. The number of carboxylic acids is 1. The van der Waals surface area contributed by atoms with Crippen molar-refractivity contribution in [3.63, 3.8) is 0 Å². The molecule has 0 bridgehead atoms. The van der Waals surface area contributed by atoms with E-state index in [4.69, 9.17) is 5.11 Å². The first-order chi connectivity index (χ1) is 9.47. The number of hydrogen-bond acceptors (Lipinski definition) is 3. The van der Waals surface area contributed by atoms with Crippen LogP contribution in [-0.2, 0) is 18.4 Å². The Morgan fingerprint density at radius 3 is 2.75 bits per heavy atom. The zero-order valence-electron chi connectivity index (χ0n) is 12.2. The van der Waals surface area contributed by atoms with E-state index in [2.05, 4.69) is 18.9 Å². The first-order valence-corrected chi connectivity index (χ1v) is 6.82. The van der Waals surface area contributed by atoms with Crippen LogP contribution in [0.5, 0.6) is 0 Å². The monoisotopic (exact) mass is 275 g/mol. The van der Waals surface area contributed by atoms with Crippen molar-refractivity contribution in [3.05, 3.63) is 30.0 Å². The Labute approximate surface area is 118 Å². The minimum absolute atomic E-state index is 0.0447. The number of carbonyl (C=O) groups is 1. The summed E-state index contributed by atoms with van der Waals surface area (Å²) in [7, 11) is 1.91. The molecule has 1 N–H and O–H groups in total. The quantitative estimate of drug-likeness (QED) is 0.877. The van der Waals surface area contributed by atoms with Crippen molar-refractivity contribution in [2.75, 3.05) is 13.1 Å².